The van der Waals surface area contributed by atoms with E-state index in [0.717, 1.165) is 11.1 Å². The molecule has 0 aliphatic carbocycles. The zero-order chi connectivity index (χ0) is 13.7. The quantitative estimate of drug-likeness (QED) is 0.910. The van der Waals surface area contributed by atoms with Crippen molar-refractivity contribution in [2.75, 3.05) is 0 Å². The Morgan fingerprint density at radius 1 is 1.32 bits per heavy atom. The Labute approximate surface area is 111 Å². The van der Waals surface area contributed by atoms with E-state index >= 15 is 0 Å². The number of hydrogen-bond acceptors (Lipinski definition) is 3. The topological polar surface area (TPSA) is 65.8 Å². The fourth-order valence-corrected chi connectivity index (χ4v) is 1.75. The fourth-order valence-electron chi connectivity index (χ4n) is 1.75. The van der Waals surface area contributed by atoms with E-state index in [0.29, 0.717) is 5.56 Å². The van der Waals surface area contributed by atoms with Gasteiger partial charge in [-0.05, 0) is 36.8 Å². The van der Waals surface area contributed by atoms with Crippen molar-refractivity contribution < 1.29 is 4.79 Å². The number of hydrogen-bond donors (Lipinski definition) is 1. The third-order valence-corrected chi connectivity index (χ3v) is 2.72. The summed E-state index contributed by atoms with van der Waals surface area (Å²) in [5.74, 6) is -0.257. The highest BCUT2D eigenvalue weighted by molar-refractivity contribution is 5.94. The number of nitriles is 1. The minimum atomic E-state index is -0.670. The third kappa shape index (κ3) is 3.17. The molecule has 2 aromatic rings. The van der Waals surface area contributed by atoms with Crippen molar-refractivity contribution in [3.63, 3.8) is 0 Å². The number of carbonyl (C=O) groups excluding carboxylic acids is 1. The molecule has 2 rings (SSSR count). The zero-order valence-corrected chi connectivity index (χ0v) is 10.5. The third-order valence-electron chi connectivity index (χ3n) is 2.72. The lowest BCUT2D eigenvalue weighted by atomic mass is 10.1. The summed E-state index contributed by atoms with van der Waals surface area (Å²) in [6.45, 7) is 1.92. The standard InChI is InChI=1S/C15H13N3O/c1-11-3-2-4-13(9-11)15(19)18-14(10-16)12-5-7-17-8-6-12/h2-9,14H,1H3,(H,18,19). The van der Waals surface area contributed by atoms with Gasteiger partial charge in [-0.15, -0.1) is 0 Å². The maximum Gasteiger partial charge on any atom is 0.252 e. The number of pyridine rings is 1. The highest BCUT2D eigenvalue weighted by Crippen LogP contribution is 2.12. The molecule has 1 N–H and O–H groups in total. The molecule has 19 heavy (non-hydrogen) atoms. The molecule has 0 fully saturated rings. The van der Waals surface area contributed by atoms with Crippen LogP contribution in [0.4, 0.5) is 0 Å². The molecule has 0 spiro atoms. The number of carbonyl (C=O) groups is 1. The van der Waals surface area contributed by atoms with Crippen molar-refractivity contribution in [2.24, 2.45) is 0 Å². The van der Waals surface area contributed by atoms with Crippen LogP contribution in [0.5, 0.6) is 0 Å². The Balaban J connectivity index is 2.16. The van der Waals surface area contributed by atoms with Crippen molar-refractivity contribution in [1.29, 1.82) is 5.26 Å². The first-order valence-electron chi connectivity index (χ1n) is 5.88. The molecule has 1 heterocycles. The van der Waals surface area contributed by atoms with Gasteiger partial charge in [-0.3, -0.25) is 9.78 Å². The lowest BCUT2D eigenvalue weighted by molar-refractivity contribution is 0.0945. The molecule has 0 bridgehead atoms. The van der Waals surface area contributed by atoms with Crippen LogP contribution in [0, 0.1) is 18.3 Å². The molecular formula is C15H13N3O. The average molecular weight is 251 g/mol. The Morgan fingerprint density at radius 2 is 2.05 bits per heavy atom. The number of nitrogens with zero attached hydrogens (tertiary/aromatic N) is 2. The van der Waals surface area contributed by atoms with Crippen molar-refractivity contribution in [1.82, 2.24) is 10.3 Å². The second-order valence-corrected chi connectivity index (χ2v) is 4.19. The van der Waals surface area contributed by atoms with E-state index < -0.39 is 6.04 Å². The maximum atomic E-state index is 12.1. The molecule has 0 saturated heterocycles. The van der Waals surface area contributed by atoms with Gasteiger partial charge in [0.1, 0.15) is 6.04 Å². The first kappa shape index (κ1) is 12.8. The van der Waals surface area contributed by atoms with Gasteiger partial charge in [0.15, 0.2) is 0 Å². The Kier molecular flexibility index (Phi) is 3.89. The Morgan fingerprint density at radius 3 is 2.68 bits per heavy atom. The summed E-state index contributed by atoms with van der Waals surface area (Å²) in [6, 6.07) is 12.1. The number of nitrogens with one attached hydrogen (secondary N) is 1. The van der Waals surface area contributed by atoms with E-state index in [9.17, 15) is 4.79 Å². The minimum Gasteiger partial charge on any atom is -0.332 e. The minimum absolute atomic E-state index is 0.257. The molecule has 94 valence electrons. The van der Waals surface area contributed by atoms with E-state index in [2.05, 4.69) is 16.4 Å². The molecule has 1 unspecified atom stereocenters. The number of amides is 1. The lowest BCUT2D eigenvalue weighted by Gasteiger charge is -2.11. The van der Waals surface area contributed by atoms with Crippen LogP contribution in [-0.2, 0) is 0 Å². The van der Waals surface area contributed by atoms with Crippen LogP contribution in [-0.4, -0.2) is 10.9 Å². The molecule has 0 aliphatic heterocycles. The van der Waals surface area contributed by atoms with E-state index in [4.69, 9.17) is 5.26 Å². The molecule has 4 nitrogen and oxygen atoms in total. The lowest BCUT2D eigenvalue weighted by Crippen LogP contribution is -2.27. The fraction of sp³-hybridized carbons (Fsp3) is 0.133. The molecule has 0 radical (unpaired) electrons. The van der Waals surface area contributed by atoms with Gasteiger partial charge < -0.3 is 5.32 Å². The van der Waals surface area contributed by atoms with Crippen LogP contribution in [0.25, 0.3) is 0 Å². The summed E-state index contributed by atoms with van der Waals surface area (Å²) in [4.78, 5) is 16.0. The summed E-state index contributed by atoms with van der Waals surface area (Å²) in [5, 5.41) is 11.8. The van der Waals surface area contributed by atoms with Gasteiger partial charge in [0.25, 0.3) is 5.91 Å². The van der Waals surface area contributed by atoms with Crippen LogP contribution >= 0.6 is 0 Å². The van der Waals surface area contributed by atoms with Crippen molar-refractivity contribution in [2.45, 2.75) is 13.0 Å². The molecule has 1 aromatic heterocycles. The predicted octanol–water partition coefficient (Wildman–Crippen LogP) is 2.38. The number of aromatic nitrogens is 1. The number of benzene rings is 1. The van der Waals surface area contributed by atoms with Crippen molar-refractivity contribution in [3.05, 3.63) is 65.5 Å². The largest absolute Gasteiger partial charge is 0.332 e. The SMILES string of the molecule is Cc1cccc(C(=O)NC(C#N)c2ccncc2)c1. The van der Waals surface area contributed by atoms with Gasteiger partial charge in [-0.2, -0.15) is 5.26 Å². The normalized spacial score (nSPS) is 11.4. The molecule has 1 amide bonds. The molecule has 1 atom stereocenters. The van der Waals surface area contributed by atoms with Gasteiger partial charge in [-0.25, -0.2) is 0 Å². The highest BCUT2D eigenvalue weighted by Gasteiger charge is 2.14. The summed E-state index contributed by atoms with van der Waals surface area (Å²) < 4.78 is 0. The summed E-state index contributed by atoms with van der Waals surface area (Å²) in [5.41, 5.74) is 2.28. The average Bonchev–Trinajstić information content (AvgIpc) is 2.45. The highest BCUT2D eigenvalue weighted by atomic mass is 16.1. The van der Waals surface area contributed by atoms with Crippen LogP contribution in [0.2, 0.25) is 0 Å². The summed E-state index contributed by atoms with van der Waals surface area (Å²) >= 11 is 0. The van der Waals surface area contributed by atoms with Crippen molar-refractivity contribution in [3.8, 4) is 6.07 Å². The zero-order valence-electron chi connectivity index (χ0n) is 10.5. The monoisotopic (exact) mass is 251 g/mol. The van der Waals surface area contributed by atoms with Crippen LogP contribution in [0.3, 0.4) is 0 Å². The molecular weight excluding hydrogens is 238 g/mol. The molecule has 1 aromatic carbocycles. The maximum absolute atomic E-state index is 12.1. The second-order valence-electron chi connectivity index (χ2n) is 4.19. The Bertz CT molecular complexity index is 617. The first-order valence-corrected chi connectivity index (χ1v) is 5.88. The molecule has 0 aliphatic rings. The van der Waals surface area contributed by atoms with Crippen molar-refractivity contribution >= 4 is 5.91 Å². The van der Waals surface area contributed by atoms with E-state index in [1.54, 1.807) is 36.7 Å². The van der Waals surface area contributed by atoms with Crippen LogP contribution in [0.1, 0.15) is 27.5 Å². The second kappa shape index (κ2) is 5.78. The van der Waals surface area contributed by atoms with E-state index in [-0.39, 0.29) is 5.91 Å². The van der Waals surface area contributed by atoms with Crippen LogP contribution in [0.15, 0.2) is 48.8 Å². The van der Waals surface area contributed by atoms with Gasteiger partial charge in [0.05, 0.1) is 6.07 Å². The van der Waals surface area contributed by atoms with E-state index in [1.165, 1.54) is 0 Å². The van der Waals surface area contributed by atoms with Gasteiger partial charge in [0, 0.05) is 18.0 Å². The van der Waals surface area contributed by atoms with Crippen LogP contribution < -0.4 is 5.32 Å². The molecule has 0 saturated carbocycles. The Hall–Kier alpha value is -2.67. The van der Waals surface area contributed by atoms with Gasteiger partial charge in [0.2, 0.25) is 0 Å². The van der Waals surface area contributed by atoms with Gasteiger partial charge >= 0.3 is 0 Å². The van der Waals surface area contributed by atoms with Gasteiger partial charge in [-0.1, -0.05) is 17.7 Å². The van der Waals surface area contributed by atoms with E-state index in [1.807, 2.05) is 19.1 Å². The summed E-state index contributed by atoms with van der Waals surface area (Å²) in [7, 11) is 0. The number of aryl methyl sites for hydroxylation is 1. The first-order chi connectivity index (χ1) is 9.20. The summed E-state index contributed by atoms with van der Waals surface area (Å²) in [6.07, 6.45) is 3.19. The predicted molar refractivity (Wildman–Crippen MR) is 71.2 cm³/mol. The smallest absolute Gasteiger partial charge is 0.252 e. The number of rotatable bonds is 3. The molecule has 4 heteroatoms.